The van der Waals surface area contributed by atoms with Crippen molar-refractivity contribution in [2.75, 3.05) is 11.9 Å². The van der Waals surface area contributed by atoms with Crippen LogP contribution in [0.25, 0.3) is 5.70 Å². The number of urea groups is 1. The van der Waals surface area contributed by atoms with E-state index >= 15 is 0 Å². The molecule has 2 heterocycles. The van der Waals surface area contributed by atoms with Gasteiger partial charge in [-0.3, -0.25) is 10.1 Å². The van der Waals surface area contributed by atoms with Gasteiger partial charge in [0.1, 0.15) is 6.04 Å². The number of aryl methyl sites for hydroxylation is 1. The Morgan fingerprint density at radius 1 is 1.46 bits per heavy atom. The highest BCUT2D eigenvalue weighted by atomic mass is 32.2. The van der Waals surface area contributed by atoms with Crippen LogP contribution in [0.1, 0.15) is 37.3 Å². The second kappa shape index (κ2) is 8.59. The Hall–Kier alpha value is -2.00. The monoisotopic (exact) mass is 395 g/mol. The summed E-state index contributed by atoms with van der Waals surface area (Å²) in [5, 5.41) is 5.04. The lowest BCUT2D eigenvalue weighted by Gasteiger charge is -2.21. The van der Waals surface area contributed by atoms with E-state index in [-0.39, 0.29) is 6.03 Å². The average Bonchev–Trinajstić information content (AvgIpc) is 3.18. The van der Waals surface area contributed by atoms with E-state index < -0.39 is 11.9 Å². The Balaban J connectivity index is 2.07. The third-order valence-corrected chi connectivity index (χ3v) is 6.36. The van der Waals surface area contributed by atoms with Crippen LogP contribution in [0.4, 0.5) is 9.93 Å². The molecule has 0 radical (unpaired) electrons. The summed E-state index contributed by atoms with van der Waals surface area (Å²) in [5.41, 5.74) is 12.8. The maximum absolute atomic E-state index is 12.4. The lowest BCUT2D eigenvalue weighted by molar-refractivity contribution is -0.121. The van der Waals surface area contributed by atoms with Crippen LogP contribution in [-0.2, 0) is 4.79 Å². The number of thiazole rings is 1. The number of nitrogens with one attached hydrogen (secondary N) is 1. The molecule has 0 unspecified atom stereocenters. The number of likely N-dealkylation sites (tertiary alicyclic amines) is 1. The Morgan fingerprint density at radius 3 is 2.77 bits per heavy atom. The third kappa shape index (κ3) is 4.79. The fourth-order valence-corrected chi connectivity index (χ4v) is 4.14. The van der Waals surface area contributed by atoms with Crippen LogP contribution < -0.4 is 16.8 Å². The van der Waals surface area contributed by atoms with Gasteiger partial charge in [0, 0.05) is 12.0 Å². The minimum absolute atomic E-state index is 0.361. The largest absolute Gasteiger partial charge is 0.397 e. The predicted octanol–water partition coefficient (Wildman–Crippen LogP) is 3.09. The van der Waals surface area contributed by atoms with Gasteiger partial charge < -0.3 is 16.4 Å². The van der Waals surface area contributed by atoms with Crippen molar-refractivity contribution < 1.29 is 9.59 Å². The molecule has 1 atom stereocenters. The van der Waals surface area contributed by atoms with E-state index in [1.165, 1.54) is 28.0 Å². The number of primary amides is 1. The first kappa shape index (κ1) is 20.3. The Labute approximate surface area is 161 Å². The molecule has 9 heteroatoms. The van der Waals surface area contributed by atoms with E-state index in [2.05, 4.69) is 30.7 Å². The van der Waals surface area contributed by atoms with E-state index in [1.807, 2.05) is 12.3 Å². The SMILES string of the molecule is C=C(S/C=C(\N)c1sc(NC(=O)N2CCC[C@H]2C(N)=O)nc1C)C(C)C. The van der Waals surface area contributed by atoms with Gasteiger partial charge in [-0.2, -0.15) is 0 Å². The van der Waals surface area contributed by atoms with Crippen LogP contribution in [0.15, 0.2) is 16.9 Å². The molecule has 1 aliphatic heterocycles. The van der Waals surface area contributed by atoms with Crippen molar-refractivity contribution >= 4 is 45.9 Å². The zero-order chi connectivity index (χ0) is 19.4. The Morgan fingerprint density at radius 2 is 2.15 bits per heavy atom. The zero-order valence-electron chi connectivity index (χ0n) is 15.2. The van der Waals surface area contributed by atoms with Crippen molar-refractivity contribution in [2.45, 2.75) is 39.7 Å². The molecule has 0 bridgehead atoms. The summed E-state index contributed by atoms with van der Waals surface area (Å²) in [4.78, 5) is 31.5. The minimum Gasteiger partial charge on any atom is -0.397 e. The van der Waals surface area contributed by atoms with Gasteiger partial charge in [-0.05, 0) is 30.6 Å². The number of rotatable bonds is 6. The molecule has 1 fully saturated rings. The minimum atomic E-state index is -0.557. The van der Waals surface area contributed by atoms with Crippen molar-refractivity contribution in [2.24, 2.45) is 17.4 Å². The third-order valence-electron chi connectivity index (χ3n) is 4.10. The van der Waals surface area contributed by atoms with E-state index in [9.17, 15) is 9.59 Å². The maximum Gasteiger partial charge on any atom is 0.324 e. The van der Waals surface area contributed by atoms with Crippen molar-refractivity contribution in [3.8, 4) is 0 Å². The van der Waals surface area contributed by atoms with Gasteiger partial charge in [0.05, 0.1) is 16.3 Å². The molecule has 3 amide bonds. The van der Waals surface area contributed by atoms with Gasteiger partial charge >= 0.3 is 6.03 Å². The Kier molecular flexibility index (Phi) is 6.71. The van der Waals surface area contributed by atoms with Gasteiger partial charge in [-0.1, -0.05) is 31.8 Å². The van der Waals surface area contributed by atoms with Crippen molar-refractivity contribution in [1.29, 1.82) is 0 Å². The molecule has 1 saturated heterocycles. The molecule has 1 aliphatic rings. The molecule has 7 nitrogen and oxygen atoms in total. The smallest absolute Gasteiger partial charge is 0.324 e. The van der Waals surface area contributed by atoms with Crippen LogP contribution >= 0.6 is 23.1 Å². The first-order chi connectivity index (χ1) is 12.2. The summed E-state index contributed by atoms with van der Waals surface area (Å²) >= 11 is 2.80. The number of thioether (sulfide) groups is 1. The van der Waals surface area contributed by atoms with Crippen molar-refractivity contribution in [3.05, 3.63) is 27.5 Å². The van der Waals surface area contributed by atoms with Crippen LogP contribution in [0.5, 0.6) is 0 Å². The van der Waals surface area contributed by atoms with E-state index in [0.29, 0.717) is 29.7 Å². The molecule has 2 rings (SSSR count). The second-order valence-corrected chi connectivity index (χ2v) is 8.42. The highest BCUT2D eigenvalue weighted by Crippen LogP contribution is 2.31. The molecule has 0 aromatic carbocycles. The lowest BCUT2D eigenvalue weighted by atomic mass is 10.2. The number of nitrogens with zero attached hydrogens (tertiary/aromatic N) is 2. The number of nitrogens with two attached hydrogens (primary N) is 2. The molecule has 1 aromatic rings. The number of allylic oxidation sites excluding steroid dienone is 1. The van der Waals surface area contributed by atoms with Crippen LogP contribution in [-0.4, -0.2) is 34.4 Å². The highest BCUT2D eigenvalue weighted by Gasteiger charge is 2.33. The second-order valence-electron chi connectivity index (χ2n) is 6.43. The van der Waals surface area contributed by atoms with Crippen molar-refractivity contribution in [3.63, 3.8) is 0 Å². The molecular weight excluding hydrogens is 370 g/mol. The van der Waals surface area contributed by atoms with E-state index in [1.54, 1.807) is 0 Å². The van der Waals surface area contributed by atoms with Crippen molar-refractivity contribution in [1.82, 2.24) is 9.88 Å². The average molecular weight is 396 g/mol. The van der Waals surface area contributed by atoms with Gasteiger partial charge in [-0.25, -0.2) is 9.78 Å². The molecular formula is C17H25N5O2S2. The molecule has 26 heavy (non-hydrogen) atoms. The maximum atomic E-state index is 12.4. The first-order valence-electron chi connectivity index (χ1n) is 8.36. The lowest BCUT2D eigenvalue weighted by Crippen LogP contribution is -2.45. The van der Waals surface area contributed by atoms with Crippen LogP contribution in [0.3, 0.4) is 0 Å². The standard InChI is InChI=1S/C17H25N5O2S2/c1-9(2)11(4)25-8-12(18)14-10(3)20-16(26-14)21-17(24)22-7-5-6-13(22)15(19)23/h8-9,13H,4-7,18H2,1-3H3,(H2,19,23)(H,20,21,24)/b12-8-/t13-/m0/s1. The number of hydrogen-bond acceptors (Lipinski definition) is 6. The normalized spacial score (nSPS) is 17.6. The molecule has 5 N–H and O–H groups in total. The van der Waals surface area contributed by atoms with Crippen LogP contribution in [0.2, 0.25) is 0 Å². The number of carbonyl (C=O) groups is 2. The molecule has 0 aliphatic carbocycles. The molecule has 0 spiro atoms. The number of amides is 3. The summed E-state index contributed by atoms with van der Waals surface area (Å²) < 4.78 is 0. The van der Waals surface area contributed by atoms with Gasteiger partial charge in [0.15, 0.2) is 5.13 Å². The van der Waals surface area contributed by atoms with E-state index in [0.717, 1.165) is 21.9 Å². The molecule has 1 aromatic heterocycles. The number of aromatic nitrogens is 1. The predicted molar refractivity (Wildman–Crippen MR) is 109 cm³/mol. The number of hydrogen-bond donors (Lipinski definition) is 3. The summed E-state index contributed by atoms with van der Waals surface area (Å²) in [7, 11) is 0. The highest BCUT2D eigenvalue weighted by molar-refractivity contribution is 8.06. The fraction of sp³-hybridized carbons (Fsp3) is 0.471. The summed E-state index contributed by atoms with van der Waals surface area (Å²) in [6.07, 6.45) is 1.35. The van der Waals surface area contributed by atoms with Gasteiger partial charge in [0.25, 0.3) is 0 Å². The first-order valence-corrected chi connectivity index (χ1v) is 10.1. The van der Waals surface area contributed by atoms with E-state index in [4.69, 9.17) is 11.5 Å². The summed E-state index contributed by atoms with van der Waals surface area (Å²) in [6.45, 7) is 10.5. The molecule has 0 saturated carbocycles. The van der Waals surface area contributed by atoms with Crippen LogP contribution in [0, 0.1) is 12.8 Å². The quantitative estimate of drug-likeness (QED) is 0.685. The summed E-state index contributed by atoms with van der Waals surface area (Å²) in [6, 6.07) is -0.921. The zero-order valence-corrected chi connectivity index (χ0v) is 16.9. The number of carbonyl (C=O) groups excluding carboxylic acids is 2. The fourth-order valence-electron chi connectivity index (χ4n) is 2.52. The Bertz CT molecular complexity index is 742. The summed E-state index contributed by atoms with van der Waals surface area (Å²) in [5.74, 6) is -0.122. The van der Waals surface area contributed by atoms with Gasteiger partial charge in [-0.15, -0.1) is 11.8 Å². The topological polar surface area (TPSA) is 114 Å². The number of anilines is 1. The molecule has 142 valence electrons. The van der Waals surface area contributed by atoms with Gasteiger partial charge in [0.2, 0.25) is 5.91 Å².